The third-order valence-corrected chi connectivity index (χ3v) is 2.18. The van der Waals surface area contributed by atoms with Crippen molar-refractivity contribution in [3.63, 3.8) is 0 Å². The summed E-state index contributed by atoms with van der Waals surface area (Å²) in [5, 5.41) is 6.43. The molecular formula is C9H12N2. The molecule has 0 aromatic heterocycles. The average molecular weight is 148 g/mol. The van der Waals surface area contributed by atoms with Gasteiger partial charge in [-0.3, -0.25) is 5.01 Å². The van der Waals surface area contributed by atoms with Crippen molar-refractivity contribution in [2.45, 2.75) is 6.92 Å². The molecule has 2 nitrogen and oxygen atoms in total. The highest BCUT2D eigenvalue weighted by Crippen LogP contribution is 2.22. The molecule has 1 heterocycles. The zero-order valence-electron chi connectivity index (χ0n) is 6.91. The number of hydrazone groups is 1. The van der Waals surface area contributed by atoms with E-state index >= 15 is 0 Å². The maximum atomic E-state index is 4.42. The quantitative estimate of drug-likeness (QED) is 0.507. The van der Waals surface area contributed by atoms with E-state index in [1.807, 2.05) is 12.1 Å². The van der Waals surface area contributed by atoms with E-state index in [-0.39, 0.29) is 0 Å². The van der Waals surface area contributed by atoms with Crippen LogP contribution in [-0.2, 0) is 0 Å². The summed E-state index contributed by atoms with van der Waals surface area (Å²) < 4.78 is 0. The van der Waals surface area contributed by atoms with Gasteiger partial charge in [0.2, 0.25) is 0 Å². The van der Waals surface area contributed by atoms with Crippen molar-refractivity contribution < 1.29 is 0 Å². The van der Waals surface area contributed by atoms with Gasteiger partial charge >= 0.3 is 0 Å². The molecule has 0 aromatic rings. The van der Waals surface area contributed by atoms with Crippen LogP contribution in [0.1, 0.15) is 6.92 Å². The molecular weight excluding hydrogens is 136 g/mol. The highest BCUT2D eigenvalue weighted by Gasteiger charge is 2.24. The number of nitrogens with zero attached hydrogens (tertiary/aromatic N) is 2. The summed E-state index contributed by atoms with van der Waals surface area (Å²) in [6.07, 6.45) is 6.46. The third-order valence-electron chi connectivity index (χ3n) is 2.18. The molecule has 0 radical (unpaired) electrons. The predicted molar refractivity (Wildman–Crippen MR) is 46.5 cm³/mol. The van der Waals surface area contributed by atoms with Gasteiger partial charge in [-0.05, 0) is 12.5 Å². The first-order valence-electron chi connectivity index (χ1n) is 3.92. The number of rotatable bonds is 0. The summed E-state index contributed by atoms with van der Waals surface area (Å²) in [6, 6.07) is 0. The van der Waals surface area contributed by atoms with Crippen molar-refractivity contribution in [2.75, 3.05) is 13.6 Å². The van der Waals surface area contributed by atoms with Crippen LogP contribution < -0.4 is 0 Å². The first kappa shape index (κ1) is 6.65. The van der Waals surface area contributed by atoms with Crippen LogP contribution in [0.25, 0.3) is 0 Å². The SMILES string of the molecule is CC1=CC=CC2CN(C)N=C12. The largest absolute Gasteiger partial charge is 0.299 e. The Kier molecular flexibility index (Phi) is 1.34. The van der Waals surface area contributed by atoms with E-state index in [0.29, 0.717) is 5.92 Å². The van der Waals surface area contributed by atoms with Crippen LogP contribution in [0.2, 0.25) is 0 Å². The average Bonchev–Trinajstić information content (AvgIpc) is 2.31. The van der Waals surface area contributed by atoms with Gasteiger partial charge < -0.3 is 0 Å². The fourth-order valence-corrected chi connectivity index (χ4v) is 1.61. The van der Waals surface area contributed by atoms with Crippen molar-refractivity contribution in [3.05, 3.63) is 23.8 Å². The molecule has 1 atom stereocenters. The Morgan fingerprint density at radius 2 is 2.45 bits per heavy atom. The molecule has 2 rings (SSSR count). The van der Waals surface area contributed by atoms with Gasteiger partial charge in [0.05, 0.1) is 5.71 Å². The minimum absolute atomic E-state index is 0.546. The minimum Gasteiger partial charge on any atom is -0.299 e. The highest BCUT2D eigenvalue weighted by atomic mass is 15.5. The molecule has 0 amide bonds. The molecule has 2 heteroatoms. The van der Waals surface area contributed by atoms with Gasteiger partial charge in [0.15, 0.2) is 0 Å². The molecule has 0 spiro atoms. The fraction of sp³-hybridized carbons (Fsp3) is 0.444. The van der Waals surface area contributed by atoms with Crippen LogP contribution >= 0.6 is 0 Å². The molecule has 58 valence electrons. The van der Waals surface area contributed by atoms with E-state index in [4.69, 9.17) is 0 Å². The Balaban J connectivity index is 2.35. The monoisotopic (exact) mass is 148 g/mol. The van der Waals surface area contributed by atoms with Crippen LogP contribution in [0.15, 0.2) is 28.9 Å². The Labute approximate surface area is 66.9 Å². The first-order chi connectivity index (χ1) is 5.27. The Bertz CT molecular complexity index is 261. The highest BCUT2D eigenvalue weighted by molar-refractivity contribution is 6.04. The van der Waals surface area contributed by atoms with E-state index < -0.39 is 0 Å². The van der Waals surface area contributed by atoms with Gasteiger partial charge in [-0.2, -0.15) is 5.10 Å². The molecule has 0 N–H and O–H groups in total. The molecule has 1 aliphatic heterocycles. The second-order valence-corrected chi connectivity index (χ2v) is 3.17. The predicted octanol–water partition coefficient (Wildman–Crippen LogP) is 1.42. The second kappa shape index (κ2) is 2.22. The fourth-order valence-electron chi connectivity index (χ4n) is 1.61. The third kappa shape index (κ3) is 0.985. The molecule has 11 heavy (non-hydrogen) atoms. The summed E-state index contributed by atoms with van der Waals surface area (Å²) in [5.41, 5.74) is 2.55. The Hall–Kier alpha value is -1.05. The van der Waals surface area contributed by atoms with Gasteiger partial charge in [-0.25, -0.2) is 0 Å². The van der Waals surface area contributed by atoms with Crippen LogP contribution in [0.4, 0.5) is 0 Å². The summed E-state index contributed by atoms with van der Waals surface area (Å²) in [7, 11) is 2.02. The molecule has 0 saturated heterocycles. The lowest BCUT2D eigenvalue weighted by molar-refractivity contribution is 0.376. The van der Waals surface area contributed by atoms with E-state index in [0.717, 1.165) is 6.54 Å². The Morgan fingerprint density at radius 3 is 3.18 bits per heavy atom. The lowest BCUT2D eigenvalue weighted by atomic mass is 9.94. The van der Waals surface area contributed by atoms with Crippen molar-refractivity contribution in [1.29, 1.82) is 0 Å². The molecule has 2 aliphatic rings. The normalized spacial score (nSPS) is 28.2. The summed E-state index contributed by atoms with van der Waals surface area (Å²) in [6.45, 7) is 3.16. The maximum Gasteiger partial charge on any atom is 0.0721 e. The lowest BCUT2D eigenvalue weighted by Gasteiger charge is -2.10. The summed E-state index contributed by atoms with van der Waals surface area (Å²) in [5.74, 6) is 0.546. The number of fused-ring (bicyclic) bond motifs is 1. The van der Waals surface area contributed by atoms with E-state index in [1.54, 1.807) is 0 Å². The maximum absolute atomic E-state index is 4.42. The summed E-state index contributed by atoms with van der Waals surface area (Å²) >= 11 is 0. The van der Waals surface area contributed by atoms with Crippen molar-refractivity contribution in [2.24, 2.45) is 11.0 Å². The van der Waals surface area contributed by atoms with Crippen molar-refractivity contribution in [3.8, 4) is 0 Å². The van der Waals surface area contributed by atoms with E-state index in [9.17, 15) is 0 Å². The second-order valence-electron chi connectivity index (χ2n) is 3.17. The van der Waals surface area contributed by atoms with E-state index in [2.05, 4.69) is 30.3 Å². The molecule has 1 aliphatic carbocycles. The van der Waals surface area contributed by atoms with Crippen LogP contribution in [0.3, 0.4) is 0 Å². The van der Waals surface area contributed by atoms with Crippen molar-refractivity contribution >= 4 is 5.71 Å². The molecule has 0 saturated carbocycles. The van der Waals surface area contributed by atoms with Gasteiger partial charge in [-0.1, -0.05) is 18.2 Å². The molecule has 0 fully saturated rings. The minimum atomic E-state index is 0.546. The van der Waals surface area contributed by atoms with Crippen molar-refractivity contribution in [1.82, 2.24) is 5.01 Å². The number of hydrogen-bond acceptors (Lipinski definition) is 2. The lowest BCUT2D eigenvalue weighted by Crippen LogP contribution is -2.16. The number of hydrogen-bond donors (Lipinski definition) is 0. The standard InChI is InChI=1S/C9H12N2/c1-7-4-3-5-8-6-11(2)10-9(7)8/h3-5,8H,6H2,1-2H3. The molecule has 0 bridgehead atoms. The van der Waals surface area contributed by atoms with Gasteiger partial charge in [-0.15, -0.1) is 0 Å². The topological polar surface area (TPSA) is 15.6 Å². The number of allylic oxidation sites excluding steroid dienone is 3. The first-order valence-corrected chi connectivity index (χ1v) is 3.92. The van der Waals surface area contributed by atoms with Crippen LogP contribution in [-0.4, -0.2) is 24.3 Å². The molecule has 0 aromatic carbocycles. The van der Waals surface area contributed by atoms with Crippen LogP contribution in [0, 0.1) is 5.92 Å². The summed E-state index contributed by atoms with van der Waals surface area (Å²) in [4.78, 5) is 0. The zero-order chi connectivity index (χ0) is 7.84. The Morgan fingerprint density at radius 1 is 1.64 bits per heavy atom. The van der Waals surface area contributed by atoms with Gasteiger partial charge in [0, 0.05) is 19.5 Å². The molecule has 1 unspecified atom stereocenters. The van der Waals surface area contributed by atoms with E-state index in [1.165, 1.54) is 11.3 Å². The van der Waals surface area contributed by atoms with Gasteiger partial charge in [0.1, 0.15) is 0 Å². The van der Waals surface area contributed by atoms with Crippen LogP contribution in [0.5, 0.6) is 0 Å². The smallest absolute Gasteiger partial charge is 0.0721 e. The van der Waals surface area contributed by atoms with Gasteiger partial charge in [0.25, 0.3) is 0 Å². The zero-order valence-corrected chi connectivity index (χ0v) is 6.91.